The molecule has 0 saturated carbocycles. The molecule has 0 bridgehead atoms. The lowest BCUT2D eigenvalue weighted by atomic mass is 9.97. The number of rotatable bonds is 3. The zero-order chi connectivity index (χ0) is 20.4. The molecule has 0 aliphatic carbocycles. The van der Waals surface area contributed by atoms with Gasteiger partial charge in [0.15, 0.2) is 0 Å². The van der Waals surface area contributed by atoms with Crippen LogP contribution in [-0.4, -0.2) is 60.8 Å². The summed E-state index contributed by atoms with van der Waals surface area (Å²) in [4.78, 5) is 25.3. The molecule has 1 aliphatic rings. The van der Waals surface area contributed by atoms with Crippen molar-refractivity contribution in [3.63, 3.8) is 0 Å². The van der Waals surface area contributed by atoms with Gasteiger partial charge in [0, 0.05) is 31.4 Å². The lowest BCUT2D eigenvalue weighted by Crippen LogP contribution is -2.54. The lowest BCUT2D eigenvalue weighted by molar-refractivity contribution is -0.130. The van der Waals surface area contributed by atoms with E-state index in [0.717, 1.165) is 5.56 Å². The molecule has 3 atom stereocenters. The molecule has 0 radical (unpaired) electrons. The maximum Gasteiger partial charge on any atom is 0.246 e. The monoisotopic (exact) mass is 393 g/mol. The van der Waals surface area contributed by atoms with E-state index < -0.39 is 12.2 Å². The Morgan fingerprint density at radius 2 is 2.28 bits per heavy atom. The Balaban J connectivity index is 1.64. The minimum Gasteiger partial charge on any atom is -0.362 e. The summed E-state index contributed by atoms with van der Waals surface area (Å²) in [5, 5.41) is 10.4. The van der Waals surface area contributed by atoms with Gasteiger partial charge in [-0.3, -0.25) is 9.89 Å². The first-order valence-corrected chi connectivity index (χ1v) is 9.23. The van der Waals surface area contributed by atoms with Crippen LogP contribution >= 0.6 is 0 Å². The van der Waals surface area contributed by atoms with Crippen LogP contribution in [0.3, 0.4) is 0 Å². The quantitative estimate of drug-likeness (QED) is 0.467. The first-order valence-electron chi connectivity index (χ1n) is 9.23. The molecule has 4 heterocycles. The number of carbonyl (C=O) groups is 1. The molecule has 4 rings (SSSR count). The molecule has 3 aromatic rings. The number of hydrogen-bond acceptors (Lipinski definition) is 5. The fourth-order valence-corrected chi connectivity index (χ4v) is 3.49. The number of carbonyl (C=O) groups excluding carboxylic acids is 1. The van der Waals surface area contributed by atoms with Gasteiger partial charge in [-0.25, -0.2) is 14.4 Å². The first-order chi connectivity index (χ1) is 14.1. The number of likely N-dealkylation sites (tertiary alicyclic amines) is 1. The van der Waals surface area contributed by atoms with Crippen LogP contribution < -0.4 is 5.32 Å². The topological polar surface area (TPSA) is 103 Å². The SMILES string of the molecule is C=CC(=O)N1C[C@H](Nc2ncnc3[nH]cc(C#Cc4cn[nH]c4)c23)[C@@H](F)C[C@@H]1C. The fraction of sp³-hybridized carbons (Fsp3) is 0.300. The van der Waals surface area contributed by atoms with Gasteiger partial charge in [-0.1, -0.05) is 18.4 Å². The maximum atomic E-state index is 14.8. The summed E-state index contributed by atoms with van der Waals surface area (Å²) in [5.74, 6) is 6.34. The van der Waals surface area contributed by atoms with E-state index in [1.807, 2.05) is 6.92 Å². The Labute approximate surface area is 166 Å². The molecular weight excluding hydrogens is 373 g/mol. The molecule has 9 heteroatoms. The second-order valence-corrected chi connectivity index (χ2v) is 6.93. The van der Waals surface area contributed by atoms with Crippen LogP contribution in [0.5, 0.6) is 0 Å². The number of nitrogens with zero attached hydrogens (tertiary/aromatic N) is 4. The molecule has 29 heavy (non-hydrogen) atoms. The molecule has 1 amide bonds. The smallest absolute Gasteiger partial charge is 0.246 e. The van der Waals surface area contributed by atoms with Crippen LogP contribution in [0.2, 0.25) is 0 Å². The first kappa shape index (κ1) is 18.7. The number of H-pyrrole nitrogens is 2. The highest BCUT2D eigenvalue weighted by Crippen LogP contribution is 2.27. The lowest BCUT2D eigenvalue weighted by Gasteiger charge is -2.40. The zero-order valence-corrected chi connectivity index (χ0v) is 15.8. The van der Waals surface area contributed by atoms with Crippen LogP contribution in [0.1, 0.15) is 24.5 Å². The van der Waals surface area contributed by atoms with Gasteiger partial charge in [-0.15, -0.1) is 0 Å². The van der Waals surface area contributed by atoms with Gasteiger partial charge in [-0.2, -0.15) is 5.10 Å². The van der Waals surface area contributed by atoms with Gasteiger partial charge in [0.05, 0.1) is 28.8 Å². The van der Waals surface area contributed by atoms with Gasteiger partial charge in [0.1, 0.15) is 24.0 Å². The van der Waals surface area contributed by atoms with Crippen LogP contribution in [0, 0.1) is 11.8 Å². The van der Waals surface area contributed by atoms with Crippen molar-refractivity contribution in [2.75, 3.05) is 11.9 Å². The standard InChI is InChI=1S/C20H20FN7O/c1-3-17(29)28-10-16(15(21)6-12(28)2)27-20-18-14(5-4-13-7-25-26-8-13)9-22-19(18)23-11-24-20/h3,7-9,11-12,15-16H,1,6,10H2,2H3,(H,25,26)(H2,22,23,24,27)/t12-,15-,16-/m0/s1. The largest absolute Gasteiger partial charge is 0.362 e. The van der Waals surface area contributed by atoms with Crippen LogP contribution in [0.25, 0.3) is 11.0 Å². The summed E-state index contributed by atoms with van der Waals surface area (Å²) in [7, 11) is 0. The molecule has 1 saturated heterocycles. The summed E-state index contributed by atoms with van der Waals surface area (Å²) in [5.41, 5.74) is 2.02. The average Bonchev–Trinajstić information content (AvgIpc) is 3.38. The number of anilines is 1. The Kier molecular flexibility index (Phi) is 4.99. The summed E-state index contributed by atoms with van der Waals surface area (Å²) < 4.78 is 14.8. The van der Waals surface area contributed by atoms with E-state index in [4.69, 9.17) is 0 Å². The molecule has 148 valence electrons. The van der Waals surface area contributed by atoms with E-state index in [2.05, 4.69) is 48.9 Å². The van der Waals surface area contributed by atoms with Gasteiger partial charge in [0.2, 0.25) is 5.91 Å². The highest BCUT2D eigenvalue weighted by Gasteiger charge is 2.35. The van der Waals surface area contributed by atoms with Crippen molar-refractivity contribution in [2.24, 2.45) is 0 Å². The third kappa shape index (κ3) is 3.69. The molecule has 3 N–H and O–H groups in total. The number of fused-ring (bicyclic) bond motifs is 1. The van der Waals surface area contributed by atoms with Crippen LogP contribution in [0.4, 0.5) is 10.2 Å². The molecule has 0 aromatic carbocycles. The Morgan fingerprint density at radius 3 is 3.03 bits per heavy atom. The predicted octanol–water partition coefficient (Wildman–Crippen LogP) is 2.01. The fourth-order valence-electron chi connectivity index (χ4n) is 3.49. The molecule has 8 nitrogen and oxygen atoms in total. The van der Waals surface area contributed by atoms with Crippen molar-refractivity contribution in [3.05, 3.63) is 48.7 Å². The highest BCUT2D eigenvalue weighted by atomic mass is 19.1. The van der Waals surface area contributed by atoms with Gasteiger partial charge >= 0.3 is 0 Å². The summed E-state index contributed by atoms with van der Waals surface area (Å²) in [6, 6.07) is -0.791. The highest BCUT2D eigenvalue weighted by molar-refractivity contribution is 5.93. The third-order valence-corrected chi connectivity index (χ3v) is 5.02. The molecule has 1 fully saturated rings. The number of amides is 1. The maximum absolute atomic E-state index is 14.8. The number of aromatic amines is 2. The zero-order valence-electron chi connectivity index (χ0n) is 15.8. The molecule has 3 aromatic heterocycles. The van der Waals surface area contributed by atoms with Crippen molar-refractivity contribution >= 4 is 22.8 Å². The second-order valence-electron chi connectivity index (χ2n) is 6.93. The van der Waals surface area contributed by atoms with E-state index in [-0.39, 0.29) is 24.9 Å². The molecule has 0 unspecified atom stereocenters. The van der Waals surface area contributed by atoms with Gasteiger partial charge in [0.25, 0.3) is 0 Å². The number of nitrogens with one attached hydrogen (secondary N) is 3. The number of alkyl halides is 1. The molecular formula is C20H20FN7O. The van der Waals surface area contributed by atoms with E-state index >= 15 is 0 Å². The number of piperidine rings is 1. The predicted molar refractivity (Wildman–Crippen MR) is 107 cm³/mol. The van der Waals surface area contributed by atoms with E-state index in [0.29, 0.717) is 22.4 Å². The van der Waals surface area contributed by atoms with E-state index in [1.54, 1.807) is 23.5 Å². The Bertz CT molecular complexity index is 1100. The third-order valence-electron chi connectivity index (χ3n) is 5.02. The van der Waals surface area contributed by atoms with E-state index in [9.17, 15) is 9.18 Å². The Hall–Kier alpha value is -3.67. The minimum atomic E-state index is -1.12. The minimum absolute atomic E-state index is 0.192. The van der Waals surface area contributed by atoms with Crippen molar-refractivity contribution in [2.45, 2.75) is 31.6 Å². The van der Waals surface area contributed by atoms with Crippen molar-refractivity contribution in [1.82, 2.24) is 30.0 Å². The summed E-state index contributed by atoms with van der Waals surface area (Å²) in [6.07, 6.45) is 6.83. The number of halogens is 1. The van der Waals surface area contributed by atoms with Gasteiger partial charge < -0.3 is 15.2 Å². The number of aromatic nitrogens is 5. The molecule has 0 spiro atoms. The summed E-state index contributed by atoms with van der Waals surface area (Å²) in [6.45, 7) is 5.59. The van der Waals surface area contributed by atoms with Crippen LogP contribution in [-0.2, 0) is 4.79 Å². The molecule has 1 aliphatic heterocycles. The van der Waals surface area contributed by atoms with Crippen LogP contribution in [0.15, 0.2) is 37.6 Å². The number of hydrogen-bond donors (Lipinski definition) is 3. The van der Waals surface area contributed by atoms with Crippen molar-refractivity contribution in [3.8, 4) is 11.8 Å². The Morgan fingerprint density at radius 1 is 1.41 bits per heavy atom. The van der Waals surface area contributed by atoms with Crippen molar-refractivity contribution in [1.29, 1.82) is 0 Å². The van der Waals surface area contributed by atoms with Gasteiger partial charge in [-0.05, 0) is 13.0 Å². The normalized spacial score (nSPS) is 21.4. The summed E-state index contributed by atoms with van der Waals surface area (Å²) >= 11 is 0. The van der Waals surface area contributed by atoms with E-state index in [1.165, 1.54) is 12.4 Å². The second kappa shape index (κ2) is 7.75. The average molecular weight is 393 g/mol. The van der Waals surface area contributed by atoms with Crippen molar-refractivity contribution < 1.29 is 9.18 Å².